The number of nitrogens with one attached hydrogen (secondary N) is 1. The molecule has 2 aromatic carbocycles. The van der Waals surface area contributed by atoms with Crippen molar-refractivity contribution in [2.75, 3.05) is 32.6 Å². The van der Waals surface area contributed by atoms with Crippen LogP contribution in [0.4, 0.5) is 5.69 Å². The predicted octanol–water partition coefficient (Wildman–Crippen LogP) is 3.30. The Hall–Kier alpha value is -2.58. The molecule has 0 aliphatic heterocycles. The molecule has 0 heterocycles. The number of hydrogen-bond acceptors (Lipinski definition) is 5. The van der Waals surface area contributed by atoms with Crippen LogP contribution < -0.4 is 14.8 Å². The maximum Gasteiger partial charge on any atom is 0.255 e. The van der Waals surface area contributed by atoms with Gasteiger partial charge in [-0.25, -0.2) is 8.42 Å². The van der Waals surface area contributed by atoms with Gasteiger partial charge in [0.05, 0.1) is 19.1 Å². The van der Waals surface area contributed by atoms with Crippen molar-refractivity contribution >= 4 is 21.6 Å². The van der Waals surface area contributed by atoms with Crippen LogP contribution in [0.3, 0.4) is 0 Å². The molecule has 0 bridgehead atoms. The first-order chi connectivity index (χ1) is 13.3. The monoisotopic (exact) mass is 406 g/mol. The Labute approximate surface area is 166 Å². The van der Waals surface area contributed by atoms with Crippen molar-refractivity contribution in [1.29, 1.82) is 0 Å². The van der Waals surface area contributed by atoms with Crippen molar-refractivity contribution in [1.82, 2.24) is 4.31 Å². The molecule has 0 fully saturated rings. The lowest BCUT2D eigenvalue weighted by Gasteiger charge is -2.20. The van der Waals surface area contributed by atoms with Crippen LogP contribution in [0.15, 0.2) is 41.3 Å². The lowest BCUT2D eigenvalue weighted by Crippen LogP contribution is -2.31. The van der Waals surface area contributed by atoms with Crippen LogP contribution in [0.2, 0.25) is 0 Å². The maximum absolute atomic E-state index is 12.9. The molecule has 2 aromatic rings. The van der Waals surface area contributed by atoms with Gasteiger partial charge < -0.3 is 14.8 Å². The molecule has 1 N–H and O–H groups in total. The number of nitrogens with zero attached hydrogens (tertiary/aromatic N) is 1. The van der Waals surface area contributed by atoms with Crippen LogP contribution in [0.5, 0.6) is 11.5 Å². The van der Waals surface area contributed by atoms with E-state index in [2.05, 4.69) is 5.32 Å². The Morgan fingerprint density at radius 1 is 1.00 bits per heavy atom. The fourth-order valence-corrected chi connectivity index (χ4v) is 4.55. The number of anilines is 1. The first kappa shape index (κ1) is 21.7. The van der Waals surface area contributed by atoms with E-state index in [1.807, 2.05) is 0 Å². The number of benzene rings is 2. The summed E-state index contributed by atoms with van der Waals surface area (Å²) in [4.78, 5) is 12.8. The van der Waals surface area contributed by atoms with Crippen molar-refractivity contribution < 1.29 is 22.7 Å². The molecule has 8 heteroatoms. The first-order valence-corrected chi connectivity index (χ1v) is 10.4. The van der Waals surface area contributed by atoms with Crippen molar-refractivity contribution in [2.45, 2.75) is 25.7 Å². The summed E-state index contributed by atoms with van der Waals surface area (Å²) in [6, 6.07) is 9.66. The minimum atomic E-state index is -3.63. The van der Waals surface area contributed by atoms with Gasteiger partial charge in [-0.1, -0.05) is 19.9 Å². The Bertz CT molecular complexity index is 953. The molecule has 152 valence electrons. The summed E-state index contributed by atoms with van der Waals surface area (Å²) >= 11 is 0. The fourth-order valence-electron chi connectivity index (χ4n) is 2.84. The predicted molar refractivity (Wildman–Crippen MR) is 109 cm³/mol. The second kappa shape index (κ2) is 9.07. The van der Waals surface area contributed by atoms with Gasteiger partial charge in [0.1, 0.15) is 0 Å². The van der Waals surface area contributed by atoms with Gasteiger partial charge in [0.2, 0.25) is 10.0 Å². The van der Waals surface area contributed by atoms with Crippen LogP contribution in [0.1, 0.15) is 29.8 Å². The number of hydrogen-bond donors (Lipinski definition) is 1. The molecular formula is C20H26N2O5S. The maximum atomic E-state index is 12.9. The molecule has 0 saturated heterocycles. The second-order valence-corrected chi connectivity index (χ2v) is 8.00. The second-order valence-electron chi connectivity index (χ2n) is 6.09. The van der Waals surface area contributed by atoms with Gasteiger partial charge in [0.15, 0.2) is 11.5 Å². The van der Waals surface area contributed by atoms with Crippen LogP contribution in [0.25, 0.3) is 0 Å². The normalized spacial score (nSPS) is 11.4. The summed E-state index contributed by atoms with van der Waals surface area (Å²) < 4.78 is 37.5. The summed E-state index contributed by atoms with van der Waals surface area (Å²) in [5.41, 5.74) is 1.39. The van der Waals surface area contributed by atoms with Gasteiger partial charge in [-0.3, -0.25) is 4.79 Å². The van der Waals surface area contributed by atoms with Gasteiger partial charge >= 0.3 is 0 Å². The molecule has 0 aliphatic carbocycles. The molecule has 0 unspecified atom stereocenters. The quantitative estimate of drug-likeness (QED) is 0.727. The zero-order chi connectivity index (χ0) is 20.9. The lowest BCUT2D eigenvalue weighted by molar-refractivity contribution is 0.102. The topological polar surface area (TPSA) is 84.9 Å². The highest BCUT2D eigenvalue weighted by atomic mass is 32.2. The van der Waals surface area contributed by atoms with E-state index in [1.165, 1.54) is 24.6 Å². The molecule has 0 aliphatic rings. The van der Waals surface area contributed by atoms with E-state index in [0.29, 0.717) is 41.4 Å². The van der Waals surface area contributed by atoms with Crippen molar-refractivity contribution in [3.63, 3.8) is 0 Å². The SMILES string of the molecule is CCN(CC)S(=O)(=O)c1cc(NC(=O)c2ccc(OC)c(OC)c2)ccc1C. The van der Waals surface area contributed by atoms with E-state index in [9.17, 15) is 13.2 Å². The van der Waals surface area contributed by atoms with Gasteiger partial charge in [0.25, 0.3) is 5.91 Å². The van der Waals surface area contributed by atoms with Crippen molar-refractivity contribution in [2.24, 2.45) is 0 Å². The van der Waals surface area contributed by atoms with Crippen LogP contribution >= 0.6 is 0 Å². The van der Waals surface area contributed by atoms with Crippen molar-refractivity contribution in [3.05, 3.63) is 47.5 Å². The molecule has 7 nitrogen and oxygen atoms in total. The number of rotatable bonds is 8. The molecular weight excluding hydrogens is 380 g/mol. The average Bonchev–Trinajstić information content (AvgIpc) is 2.69. The van der Waals surface area contributed by atoms with Gasteiger partial charge in [0, 0.05) is 24.3 Å². The fraction of sp³-hybridized carbons (Fsp3) is 0.350. The Kier molecular flexibility index (Phi) is 7.04. The largest absolute Gasteiger partial charge is 0.493 e. The smallest absolute Gasteiger partial charge is 0.255 e. The first-order valence-electron chi connectivity index (χ1n) is 8.92. The van der Waals surface area contributed by atoms with Gasteiger partial charge in [-0.15, -0.1) is 0 Å². The minimum Gasteiger partial charge on any atom is -0.493 e. The molecule has 0 radical (unpaired) electrons. The highest BCUT2D eigenvalue weighted by molar-refractivity contribution is 7.89. The third kappa shape index (κ3) is 4.45. The van der Waals surface area contributed by atoms with Crippen LogP contribution in [-0.4, -0.2) is 45.9 Å². The number of methoxy groups -OCH3 is 2. The number of carbonyl (C=O) groups excluding carboxylic acids is 1. The van der Waals surface area contributed by atoms with E-state index in [-0.39, 0.29) is 10.8 Å². The summed E-state index contributed by atoms with van der Waals surface area (Å²) in [6.07, 6.45) is 0. The third-order valence-corrected chi connectivity index (χ3v) is 6.61. The number of ether oxygens (including phenoxy) is 2. The zero-order valence-electron chi connectivity index (χ0n) is 16.8. The molecule has 2 rings (SSSR count). The number of amides is 1. The van der Waals surface area contributed by atoms with E-state index in [1.54, 1.807) is 51.1 Å². The number of aryl methyl sites for hydroxylation is 1. The number of sulfonamides is 1. The van der Waals surface area contributed by atoms with Gasteiger partial charge in [-0.2, -0.15) is 4.31 Å². The summed E-state index contributed by atoms with van der Waals surface area (Å²) in [5.74, 6) is 0.571. The third-order valence-electron chi connectivity index (χ3n) is 4.41. The molecule has 0 saturated carbocycles. The highest BCUT2D eigenvalue weighted by Crippen LogP contribution is 2.28. The van der Waals surface area contributed by atoms with Crippen molar-refractivity contribution in [3.8, 4) is 11.5 Å². The number of carbonyl (C=O) groups is 1. The van der Waals surface area contributed by atoms with Crippen LogP contribution in [0, 0.1) is 6.92 Å². The van der Waals surface area contributed by atoms with Crippen LogP contribution in [-0.2, 0) is 10.0 Å². The summed E-state index contributed by atoms with van der Waals surface area (Å²) in [6.45, 7) is 6.06. The van der Waals surface area contributed by atoms with E-state index >= 15 is 0 Å². The lowest BCUT2D eigenvalue weighted by atomic mass is 10.1. The Morgan fingerprint density at radius 3 is 2.21 bits per heavy atom. The summed E-state index contributed by atoms with van der Waals surface area (Å²) in [5, 5.41) is 2.74. The molecule has 0 aromatic heterocycles. The molecule has 28 heavy (non-hydrogen) atoms. The van der Waals surface area contributed by atoms with Gasteiger partial charge in [-0.05, 0) is 42.8 Å². The zero-order valence-corrected chi connectivity index (χ0v) is 17.6. The van der Waals surface area contributed by atoms with E-state index < -0.39 is 10.0 Å². The Balaban J connectivity index is 2.34. The molecule has 0 atom stereocenters. The molecule has 1 amide bonds. The summed E-state index contributed by atoms with van der Waals surface area (Å²) in [7, 11) is -0.623. The minimum absolute atomic E-state index is 0.182. The average molecular weight is 407 g/mol. The van der Waals surface area contributed by atoms with E-state index in [4.69, 9.17) is 9.47 Å². The highest BCUT2D eigenvalue weighted by Gasteiger charge is 2.24. The standard InChI is InChI=1S/C20H26N2O5S/c1-6-22(7-2)28(24,25)19-13-16(10-8-14(19)3)21-20(23)15-9-11-17(26-4)18(12-15)27-5/h8-13H,6-7H2,1-5H3,(H,21,23). The Morgan fingerprint density at radius 2 is 1.64 bits per heavy atom. The van der Waals surface area contributed by atoms with E-state index in [0.717, 1.165) is 0 Å². The molecule has 0 spiro atoms.